The normalized spacial score (nSPS) is 10.6. The highest BCUT2D eigenvalue weighted by Crippen LogP contribution is 2.14. The first kappa shape index (κ1) is 15.2. The van der Waals surface area contributed by atoms with Gasteiger partial charge in [-0.25, -0.2) is 9.97 Å². The zero-order valence-corrected chi connectivity index (χ0v) is 12.0. The molecule has 0 radical (unpaired) electrons. The number of anilines is 1. The minimum Gasteiger partial charge on any atom is -0.368 e. The molecule has 0 aliphatic rings. The quantitative estimate of drug-likeness (QED) is 0.627. The fourth-order valence-electron chi connectivity index (χ4n) is 1.91. The van der Waals surface area contributed by atoms with Gasteiger partial charge in [0, 0.05) is 18.9 Å². The fourth-order valence-corrected chi connectivity index (χ4v) is 2.08. The van der Waals surface area contributed by atoms with E-state index in [1.165, 1.54) is 51.4 Å². The van der Waals surface area contributed by atoms with E-state index in [1.807, 2.05) is 0 Å². The Morgan fingerprint density at radius 2 is 1.56 bits per heavy atom. The molecule has 1 aromatic rings. The Kier molecular flexibility index (Phi) is 8.57. The second kappa shape index (κ2) is 10.1. The molecular formula is C14H24ClN3. The maximum Gasteiger partial charge on any atom is 0.171 e. The molecule has 4 heteroatoms. The van der Waals surface area contributed by atoms with E-state index in [0.717, 1.165) is 6.54 Å². The Morgan fingerprint density at radius 1 is 0.944 bits per heavy atom. The highest BCUT2D eigenvalue weighted by atomic mass is 35.5. The van der Waals surface area contributed by atoms with Gasteiger partial charge in [0.05, 0.1) is 0 Å². The third-order valence-corrected chi connectivity index (χ3v) is 3.25. The van der Waals surface area contributed by atoms with Crippen LogP contribution in [0.25, 0.3) is 0 Å². The largest absolute Gasteiger partial charge is 0.368 e. The number of rotatable bonds is 10. The average Bonchev–Trinajstić information content (AvgIpc) is 2.39. The molecule has 1 aromatic heterocycles. The van der Waals surface area contributed by atoms with Crippen molar-refractivity contribution in [3.05, 3.63) is 17.5 Å². The van der Waals surface area contributed by atoms with Gasteiger partial charge in [0.2, 0.25) is 0 Å². The predicted molar refractivity (Wildman–Crippen MR) is 78.1 cm³/mol. The molecule has 0 bridgehead atoms. The van der Waals surface area contributed by atoms with Crippen LogP contribution < -0.4 is 5.32 Å². The molecule has 0 saturated carbocycles. The van der Waals surface area contributed by atoms with Gasteiger partial charge >= 0.3 is 0 Å². The summed E-state index contributed by atoms with van der Waals surface area (Å²) in [6.07, 6.45) is 13.9. The number of hydrogen-bond acceptors (Lipinski definition) is 3. The van der Waals surface area contributed by atoms with Crippen LogP contribution in [-0.2, 0) is 0 Å². The number of nitrogens with zero attached hydrogens (tertiary/aromatic N) is 2. The predicted octanol–water partition coefficient (Wildman–Crippen LogP) is 4.68. The van der Waals surface area contributed by atoms with E-state index in [1.54, 1.807) is 12.4 Å². The van der Waals surface area contributed by atoms with Crippen LogP contribution >= 0.6 is 11.6 Å². The van der Waals surface area contributed by atoms with E-state index >= 15 is 0 Å². The summed E-state index contributed by atoms with van der Waals surface area (Å²) < 4.78 is 0. The van der Waals surface area contributed by atoms with Crippen molar-refractivity contribution in [1.82, 2.24) is 9.97 Å². The van der Waals surface area contributed by atoms with Gasteiger partial charge in [0.25, 0.3) is 0 Å². The van der Waals surface area contributed by atoms with Crippen LogP contribution in [0.3, 0.4) is 0 Å². The molecule has 0 atom stereocenters. The van der Waals surface area contributed by atoms with E-state index in [4.69, 9.17) is 11.6 Å². The van der Waals surface area contributed by atoms with Gasteiger partial charge in [0.1, 0.15) is 0 Å². The lowest BCUT2D eigenvalue weighted by Crippen LogP contribution is -2.04. The Labute approximate surface area is 115 Å². The van der Waals surface area contributed by atoms with Gasteiger partial charge < -0.3 is 5.32 Å². The van der Waals surface area contributed by atoms with E-state index in [2.05, 4.69) is 22.2 Å². The van der Waals surface area contributed by atoms with Gasteiger partial charge in [-0.15, -0.1) is 0 Å². The van der Waals surface area contributed by atoms with Crippen molar-refractivity contribution in [3.63, 3.8) is 0 Å². The lowest BCUT2D eigenvalue weighted by atomic mass is 10.1. The average molecular weight is 270 g/mol. The van der Waals surface area contributed by atoms with Crippen molar-refractivity contribution in [1.29, 1.82) is 0 Å². The second-order valence-electron chi connectivity index (χ2n) is 4.60. The summed E-state index contributed by atoms with van der Waals surface area (Å²) in [5.41, 5.74) is 0. The Morgan fingerprint density at radius 3 is 2.22 bits per heavy atom. The van der Waals surface area contributed by atoms with Gasteiger partial charge in [0.15, 0.2) is 11.0 Å². The van der Waals surface area contributed by atoms with Crippen LogP contribution in [-0.4, -0.2) is 16.5 Å². The van der Waals surface area contributed by atoms with Gasteiger partial charge in [-0.3, -0.25) is 0 Å². The SMILES string of the molecule is CCCCCCCCCCNc1nccnc1Cl. The third kappa shape index (κ3) is 6.80. The van der Waals surface area contributed by atoms with Crippen molar-refractivity contribution >= 4 is 17.4 Å². The zero-order valence-electron chi connectivity index (χ0n) is 11.3. The Bertz CT molecular complexity index is 318. The minimum absolute atomic E-state index is 0.456. The molecule has 3 nitrogen and oxygen atoms in total. The van der Waals surface area contributed by atoms with Crippen LogP contribution in [0.2, 0.25) is 5.15 Å². The molecular weight excluding hydrogens is 246 g/mol. The van der Waals surface area contributed by atoms with Crippen LogP contribution in [0.15, 0.2) is 12.4 Å². The molecule has 0 spiro atoms. The fraction of sp³-hybridized carbons (Fsp3) is 0.714. The Balaban J connectivity index is 1.94. The Hall–Kier alpha value is -0.830. The molecule has 0 fully saturated rings. The monoisotopic (exact) mass is 269 g/mol. The standard InChI is InChI=1S/C14H24ClN3/c1-2-3-4-5-6-7-8-9-10-17-14-13(15)16-11-12-18-14/h11-12H,2-10H2,1H3,(H,17,18). The molecule has 0 unspecified atom stereocenters. The van der Waals surface area contributed by atoms with Gasteiger partial charge in [-0.1, -0.05) is 63.5 Å². The summed E-state index contributed by atoms with van der Waals surface area (Å²) in [5, 5.41) is 3.67. The molecule has 0 amide bonds. The summed E-state index contributed by atoms with van der Waals surface area (Å²) in [6, 6.07) is 0. The first-order chi connectivity index (χ1) is 8.84. The minimum atomic E-state index is 0.456. The number of aromatic nitrogens is 2. The van der Waals surface area contributed by atoms with Gasteiger partial charge in [-0.05, 0) is 6.42 Å². The van der Waals surface area contributed by atoms with Crippen molar-refractivity contribution in [2.24, 2.45) is 0 Å². The molecule has 102 valence electrons. The molecule has 1 N–H and O–H groups in total. The number of hydrogen-bond donors (Lipinski definition) is 1. The van der Waals surface area contributed by atoms with Crippen LogP contribution in [0.4, 0.5) is 5.82 Å². The maximum atomic E-state index is 5.90. The number of unbranched alkanes of at least 4 members (excludes halogenated alkanes) is 7. The van der Waals surface area contributed by atoms with E-state index in [0.29, 0.717) is 11.0 Å². The summed E-state index contributed by atoms with van der Waals surface area (Å²) in [7, 11) is 0. The van der Waals surface area contributed by atoms with Crippen molar-refractivity contribution in [3.8, 4) is 0 Å². The molecule has 0 saturated heterocycles. The number of halogens is 1. The molecule has 0 aromatic carbocycles. The van der Waals surface area contributed by atoms with Crippen molar-refractivity contribution in [2.75, 3.05) is 11.9 Å². The molecule has 0 aliphatic heterocycles. The summed E-state index contributed by atoms with van der Waals surface area (Å²) >= 11 is 5.90. The van der Waals surface area contributed by atoms with E-state index in [-0.39, 0.29) is 0 Å². The summed E-state index contributed by atoms with van der Waals surface area (Å²) in [4.78, 5) is 8.12. The lowest BCUT2D eigenvalue weighted by molar-refractivity contribution is 0.581. The lowest BCUT2D eigenvalue weighted by Gasteiger charge is -2.06. The van der Waals surface area contributed by atoms with Crippen LogP contribution in [0, 0.1) is 0 Å². The summed E-state index contributed by atoms with van der Waals surface area (Å²) in [6.45, 7) is 3.18. The smallest absolute Gasteiger partial charge is 0.171 e. The van der Waals surface area contributed by atoms with Crippen LogP contribution in [0.5, 0.6) is 0 Å². The second-order valence-corrected chi connectivity index (χ2v) is 4.96. The zero-order chi connectivity index (χ0) is 13.1. The van der Waals surface area contributed by atoms with E-state index in [9.17, 15) is 0 Å². The van der Waals surface area contributed by atoms with E-state index < -0.39 is 0 Å². The highest BCUT2D eigenvalue weighted by molar-refractivity contribution is 6.31. The molecule has 18 heavy (non-hydrogen) atoms. The van der Waals surface area contributed by atoms with Crippen molar-refractivity contribution in [2.45, 2.75) is 58.3 Å². The first-order valence-electron chi connectivity index (χ1n) is 7.05. The van der Waals surface area contributed by atoms with Crippen LogP contribution in [0.1, 0.15) is 58.3 Å². The molecule has 0 aliphatic carbocycles. The van der Waals surface area contributed by atoms with Crippen molar-refractivity contribution < 1.29 is 0 Å². The summed E-state index contributed by atoms with van der Waals surface area (Å²) in [5.74, 6) is 0.696. The molecule has 1 rings (SSSR count). The maximum absolute atomic E-state index is 5.90. The first-order valence-corrected chi connectivity index (χ1v) is 7.42. The third-order valence-electron chi connectivity index (χ3n) is 2.98. The topological polar surface area (TPSA) is 37.8 Å². The highest BCUT2D eigenvalue weighted by Gasteiger charge is 1.99. The van der Waals surface area contributed by atoms with Gasteiger partial charge in [-0.2, -0.15) is 0 Å². The number of nitrogens with one attached hydrogen (secondary N) is 1. The molecule has 1 heterocycles.